The number of aromatic nitrogens is 2. The zero-order chi connectivity index (χ0) is 17.2. The molecule has 1 amide bonds. The van der Waals surface area contributed by atoms with Crippen molar-refractivity contribution in [2.24, 2.45) is 0 Å². The van der Waals surface area contributed by atoms with Gasteiger partial charge in [0, 0.05) is 24.2 Å². The van der Waals surface area contributed by atoms with Gasteiger partial charge >= 0.3 is 0 Å². The standard InChI is InChI=1S/C18H15ClIN3O/c1-18(2)16-11(17(24)22(18)3)7-8-14(21-16)12-9-23(20)15-10(12)5-4-6-13(15)19/h4-9H,1-3H3. The van der Waals surface area contributed by atoms with Crippen molar-refractivity contribution in [2.45, 2.75) is 19.4 Å². The number of rotatable bonds is 1. The maximum atomic E-state index is 12.4. The molecule has 0 atom stereocenters. The summed E-state index contributed by atoms with van der Waals surface area (Å²) in [6.07, 6.45) is 2.03. The third-order valence-electron chi connectivity index (χ3n) is 4.86. The summed E-state index contributed by atoms with van der Waals surface area (Å²) in [5.74, 6) is 0.0217. The van der Waals surface area contributed by atoms with Gasteiger partial charge in [0.15, 0.2) is 0 Å². The van der Waals surface area contributed by atoms with Gasteiger partial charge in [-0.2, -0.15) is 0 Å². The van der Waals surface area contributed by atoms with E-state index in [0.717, 1.165) is 27.9 Å². The Morgan fingerprint density at radius 2 is 1.92 bits per heavy atom. The van der Waals surface area contributed by atoms with Crippen LogP contribution in [0.4, 0.5) is 0 Å². The van der Waals surface area contributed by atoms with Crippen LogP contribution in [0.1, 0.15) is 29.9 Å². The molecule has 0 N–H and O–H groups in total. The number of carbonyl (C=O) groups is 1. The van der Waals surface area contributed by atoms with Gasteiger partial charge in [-0.15, -0.1) is 0 Å². The molecule has 2 aromatic heterocycles. The predicted molar refractivity (Wildman–Crippen MR) is 105 cm³/mol. The molecule has 0 saturated heterocycles. The van der Waals surface area contributed by atoms with Crippen molar-refractivity contribution in [3.8, 4) is 11.3 Å². The van der Waals surface area contributed by atoms with Gasteiger partial charge in [0.1, 0.15) is 0 Å². The van der Waals surface area contributed by atoms with Gasteiger partial charge in [0.25, 0.3) is 5.91 Å². The predicted octanol–water partition coefficient (Wildman–Crippen LogP) is 4.88. The number of nitrogens with zero attached hydrogens (tertiary/aromatic N) is 3. The third kappa shape index (κ3) is 2.04. The normalized spacial score (nSPS) is 16.0. The van der Waals surface area contributed by atoms with Gasteiger partial charge in [-0.25, -0.2) is 4.98 Å². The molecule has 3 aromatic rings. The quantitative estimate of drug-likeness (QED) is 0.495. The minimum atomic E-state index is -0.414. The number of hydrogen-bond acceptors (Lipinski definition) is 2. The second kappa shape index (κ2) is 5.20. The Bertz CT molecular complexity index is 1010. The van der Waals surface area contributed by atoms with E-state index < -0.39 is 5.54 Å². The van der Waals surface area contributed by atoms with Crippen LogP contribution in [0.2, 0.25) is 5.02 Å². The van der Waals surface area contributed by atoms with E-state index in [-0.39, 0.29) is 5.91 Å². The first-order chi connectivity index (χ1) is 11.3. The molecule has 0 bridgehead atoms. The maximum Gasteiger partial charge on any atom is 0.256 e. The molecule has 6 heteroatoms. The number of hydrogen-bond donors (Lipinski definition) is 0. The number of fused-ring (bicyclic) bond motifs is 2. The molecule has 4 rings (SSSR count). The fraction of sp³-hybridized carbons (Fsp3) is 0.222. The second-order valence-corrected chi connectivity index (χ2v) is 7.95. The lowest BCUT2D eigenvalue weighted by Crippen LogP contribution is -2.35. The zero-order valence-corrected chi connectivity index (χ0v) is 16.4. The van der Waals surface area contributed by atoms with Gasteiger partial charge in [0.2, 0.25) is 0 Å². The van der Waals surface area contributed by atoms with Crippen molar-refractivity contribution in [3.63, 3.8) is 0 Å². The van der Waals surface area contributed by atoms with Crippen LogP contribution < -0.4 is 0 Å². The molecule has 0 spiro atoms. The molecule has 24 heavy (non-hydrogen) atoms. The minimum Gasteiger partial charge on any atom is -0.331 e. The third-order valence-corrected chi connectivity index (χ3v) is 5.92. The molecule has 122 valence electrons. The van der Waals surface area contributed by atoms with E-state index in [1.54, 1.807) is 4.90 Å². The van der Waals surface area contributed by atoms with Gasteiger partial charge in [0.05, 0.1) is 55.9 Å². The van der Waals surface area contributed by atoms with Crippen molar-refractivity contribution in [1.29, 1.82) is 0 Å². The van der Waals surface area contributed by atoms with Crippen molar-refractivity contribution >= 4 is 51.3 Å². The van der Waals surface area contributed by atoms with Crippen LogP contribution in [0.3, 0.4) is 0 Å². The summed E-state index contributed by atoms with van der Waals surface area (Å²) in [7, 11) is 1.82. The molecule has 3 heterocycles. The second-order valence-electron chi connectivity index (χ2n) is 6.51. The number of para-hydroxylation sites is 1. The molecule has 1 aliphatic heterocycles. The van der Waals surface area contributed by atoms with Gasteiger partial charge in [-0.1, -0.05) is 23.7 Å². The molecule has 0 saturated carbocycles. The van der Waals surface area contributed by atoms with E-state index in [1.165, 1.54) is 0 Å². The molecule has 0 radical (unpaired) electrons. The monoisotopic (exact) mass is 451 g/mol. The summed E-state index contributed by atoms with van der Waals surface area (Å²) in [5, 5.41) is 1.77. The van der Waals surface area contributed by atoms with Gasteiger partial charge in [-0.05, 0) is 32.0 Å². The van der Waals surface area contributed by atoms with Crippen molar-refractivity contribution in [3.05, 3.63) is 52.8 Å². The highest BCUT2D eigenvalue weighted by atomic mass is 127. The average Bonchev–Trinajstić information content (AvgIpc) is 2.98. The molecule has 1 aromatic carbocycles. The van der Waals surface area contributed by atoms with Crippen LogP contribution in [-0.4, -0.2) is 25.6 Å². The number of carbonyl (C=O) groups excluding carboxylic acids is 1. The van der Waals surface area contributed by atoms with Crippen molar-refractivity contribution < 1.29 is 4.79 Å². The Balaban J connectivity index is 1.97. The summed E-state index contributed by atoms with van der Waals surface area (Å²) in [4.78, 5) is 19.0. The van der Waals surface area contributed by atoms with Gasteiger partial charge in [-0.3, -0.25) is 7.58 Å². The van der Waals surface area contributed by atoms with E-state index in [2.05, 4.69) is 22.9 Å². The average molecular weight is 452 g/mol. The Morgan fingerprint density at radius 1 is 1.17 bits per heavy atom. The van der Waals surface area contributed by atoms with E-state index in [0.29, 0.717) is 10.6 Å². The van der Waals surface area contributed by atoms with E-state index in [1.807, 2.05) is 60.2 Å². The fourth-order valence-corrected chi connectivity index (χ4v) is 4.45. The first kappa shape index (κ1) is 15.9. The lowest BCUT2D eigenvalue weighted by molar-refractivity contribution is 0.0688. The van der Waals surface area contributed by atoms with Crippen LogP contribution in [0, 0.1) is 0 Å². The highest BCUT2D eigenvalue weighted by molar-refractivity contribution is 14.1. The molecular weight excluding hydrogens is 437 g/mol. The van der Waals surface area contributed by atoms with E-state index >= 15 is 0 Å². The summed E-state index contributed by atoms with van der Waals surface area (Å²) in [5.41, 5.74) is 3.94. The van der Waals surface area contributed by atoms with E-state index in [4.69, 9.17) is 16.6 Å². The molecular formula is C18H15ClIN3O. The lowest BCUT2D eigenvalue weighted by atomic mass is 9.98. The summed E-state index contributed by atoms with van der Waals surface area (Å²) in [6.45, 7) is 4.04. The number of amides is 1. The van der Waals surface area contributed by atoms with E-state index in [9.17, 15) is 4.79 Å². The van der Waals surface area contributed by atoms with Crippen LogP contribution >= 0.6 is 34.5 Å². The first-order valence-corrected chi connectivity index (χ1v) is 8.92. The number of halogens is 2. The van der Waals surface area contributed by atoms with Crippen LogP contribution in [-0.2, 0) is 5.54 Å². The molecule has 0 aliphatic carbocycles. The summed E-state index contributed by atoms with van der Waals surface area (Å²) < 4.78 is 1.99. The highest BCUT2D eigenvalue weighted by Crippen LogP contribution is 2.39. The number of benzene rings is 1. The Kier molecular flexibility index (Phi) is 3.44. The Morgan fingerprint density at radius 3 is 2.67 bits per heavy atom. The smallest absolute Gasteiger partial charge is 0.256 e. The van der Waals surface area contributed by atoms with Crippen LogP contribution in [0.5, 0.6) is 0 Å². The summed E-state index contributed by atoms with van der Waals surface area (Å²) in [6, 6.07) is 9.67. The molecule has 4 nitrogen and oxygen atoms in total. The topological polar surface area (TPSA) is 38.1 Å². The number of pyridine rings is 1. The highest BCUT2D eigenvalue weighted by Gasteiger charge is 2.42. The minimum absolute atomic E-state index is 0.0217. The zero-order valence-electron chi connectivity index (χ0n) is 13.5. The molecule has 1 aliphatic rings. The lowest BCUT2D eigenvalue weighted by Gasteiger charge is -2.27. The Labute approximate surface area is 158 Å². The molecule has 0 fully saturated rings. The van der Waals surface area contributed by atoms with Crippen LogP contribution in [0.15, 0.2) is 36.5 Å². The summed E-state index contributed by atoms with van der Waals surface area (Å²) >= 11 is 8.57. The fourth-order valence-electron chi connectivity index (χ4n) is 3.24. The van der Waals surface area contributed by atoms with Crippen molar-refractivity contribution in [1.82, 2.24) is 12.7 Å². The largest absolute Gasteiger partial charge is 0.331 e. The molecule has 0 unspecified atom stereocenters. The van der Waals surface area contributed by atoms with Crippen LogP contribution in [0.25, 0.3) is 22.2 Å². The van der Waals surface area contributed by atoms with Gasteiger partial charge < -0.3 is 4.90 Å². The van der Waals surface area contributed by atoms with Crippen molar-refractivity contribution in [2.75, 3.05) is 7.05 Å². The SMILES string of the molecule is CN1C(=O)c2ccc(-c3cn(I)c4c(Cl)cccc34)nc2C1(C)C. The first-order valence-electron chi connectivity index (χ1n) is 7.58. The maximum absolute atomic E-state index is 12.4. The Hall–Kier alpha value is -1.60.